The molecule has 0 heterocycles. The monoisotopic (exact) mass is 455 g/mol. The minimum Gasteiger partial charge on any atom is -0.479 e. The molecule has 4 atom stereocenters. The van der Waals surface area contributed by atoms with Gasteiger partial charge >= 0.3 is 11.9 Å². The molecule has 0 aliphatic heterocycles. The van der Waals surface area contributed by atoms with E-state index in [4.69, 9.17) is 43.6 Å². The van der Waals surface area contributed by atoms with Crippen LogP contribution in [0.4, 0.5) is 0 Å². The molecule has 0 saturated carbocycles. The molecule has 0 unspecified atom stereocenters. The number of fused-ring (bicyclic) bond motifs is 1. The minimum absolute atomic E-state index is 0.408. The zero-order chi connectivity index (χ0) is 22.4. The van der Waals surface area contributed by atoms with Gasteiger partial charge < -0.3 is 25.7 Å². The van der Waals surface area contributed by atoms with Crippen molar-refractivity contribution >= 4 is 35.1 Å². The Morgan fingerprint density at radius 3 is 2.00 bits per heavy atom. The molecule has 5 N–H and O–H groups in total. The largest absolute Gasteiger partial charge is 0.479 e. The molecule has 0 radical (unpaired) electrons. The minimum atomic E-state index is -2.27. The molecule has 0 amide bonds. The summed E-state index contributed by atoms with van der Waals surface area (Å²) in [5.41, 5.74) is 4.05. The Bertz CT molecular complexity index is 889. The van der Waals surface area contributed by atoms with Crippen LogP contribution in [0.3, 0.4) is 0 Å². The summed E-state index contributed by atoms with van der Waals surface area (Å²) < 4.78 is 0. The second kappa shape index (κ2) is 10.7. The summed E-state index contributed by atoms with van der Waals surface area (Å²) in [5, 5.41) is 37.2. The normalized spacial score (nSPS) is 19.6. The molecule has 162 valence electrons. The lowest BCUT2D eigenvalue weighted by molar-refractivity contribution is -0.165. The maximum absolute atomic E-state index is 9.77. The van der Waals surface area contributed by atoms with Crippen molar-refractivity contribution < 1.29 is 30.0 Å². The second-order valence-corrected chi connectivity index (χ2v) is 7.65. The van der Waals surface area contributed by atoms with Crippen molar-refractivity contribution in [2.45, 2.75) is 37.0 Å². The first-order valence-corrected chi connectivity index (χ1v) is 9.95. The fraction of sp³-hybridized carbons (Fsp3) is 0.333. The average molecular weight is 456 g/mol. The van der Waals surface area contributed by atoms with E-state index in [2.05, 4.69) is 35.6 Å². The highest BCUT2D eigenvalue weighted by molar-refractivity contribution is 6.42. The number of hydrogen-bond acceptors (Lipinski definition) is 5. The predicted molar refractivity (Wildman–Crippen MR) is 113 cm³/mol. The highest BCUT2D eigenvalue weighted by atomic mass is 35.5. The molecule has 0 bridgehead atoms. The highest BCUT2D eigenvalue weighted by Gasteiger charge is 2.29. The molecule has 0 aromatic heterocycles. The van der Waals surface area contributed by atoms with Crippen LogP contribution in [0.5, 0.6) is 0 Å². The van der Waals surface area contributed by atoms with Crippen LogP contribution in [0.25, 0.3) is 0 Å². The Kier molecular flexibility index (Phi) is 8.64. The number of carbonyl (C=O) groups is 2. The zero-order valence-electron chi connectivity index (χ0n) is 16.1. The third-order valence-electron chi connectivity index (χ3n) is 4.99. The van der Waals surface area contributed by atoms with E-state index in [1.54, 1.807) is 0 Å². The van der Waals surface area contributed by atoms with Gasteiger partial charge in [0.2, 0.25) is 0 Å². The van der Waals surface area contributed by atoms with Crippen molar-refractivity contribution in [3.63, 3.8) is 0 Å². The number of carboxylic acid groups (broad SMARTS) is 2. The molecule has 1 aliphatic carbocycles. The van der Waals surface area contributed by atoms with Crippen LogP contribution in [0, 0.1) is 0 Å². The van der Waals surface area contributed by atoms with E-state index in [0.717, 1.165) is 12.8 Å². The standard InChI is InChI=1S/C17H17Cl2N.C4H6O6/c1-20-17-9-7-12(13-4-2-3-5-14(13)17)11-6-8-15(18)16(19)10-11;5-1(3(7)8)2(6)4(9)10/h2-6,8,10,12,17,20H,7,9H2,1H3;1-2,5-6H,(H,7,8)(H,9,10)/t12-,17-;1-,2-/m01/s1. The SMILES string of the molecule is CN[C@H]1CC[C@@H](c2ccc(Cl)c(Cl)c2)c2ccccc21.O=C(O)[C@H](O)[C@@H](O)C(=O)O. The maximum atomic E-state index is 9.77. The van der Waals surface area contributed by atoms with Crippen molar-refractivity contribution in [3.8, 4) is 0 Å². The summed E-state index contributed by atoms with van der Waals surface area (Å²) in [6, 6.07) is 15.1. The molecule has 1 aliphatic rings. The van der Waals surface area contributed by atoms with Gasteiger partial charge in [0.1, 0.15) is 0 Å². The van der Waals surface area contributed by atoms with Crippen LogP contribution in [-0.4, -0.2) is 51.6 Å². The van der Waals surface area contributed by atoms with Crippen LogP contribution < -0.4 is 5.32 Å². The number of aliphatic carboxylic acids is 2. The van der Waals surface area contributed by atoms with Gasteiger partial charge in [0.25, 0.3) is 0 Å². The van der Waals surface area contributed by atoms with E-state index < -0.39 is 24.1 Å². The van der Waals surface area contributed by atoms with Gasteiger partial charge in [-0.3, -0.25) is 0 Å². The average Bonchev–Trinajstić information content (AvgIpc) is 2.74. The Morgan fingerprint density at radius 1 is 0.933 bits per heavy atom. The van der Waals surface area contributed by atoms with E-state index in [9.17, 15) is 9.59 Å². The summed E-state index contributed by atoms with van der Waals surface area (Å²) in [7, 11) is 2.03. The summed E-state index contributed by atoms with van der Waals surface area (Å²) in [6.07, 6.45) is -2.27. The molecule has 0 spiro atoms. The quantitative estimate of drug-likeness (QED) is 0.468. The second-order valence-electron chi connectivity index (χ2n) is 6.84. The van der Waals surface area contributed by atoms with Gasteiger partial charge in [-0.25, -0.2) is 9.59 Å². The molecule has 0 saturated heterocycles. The first-order valence-electron chi connectivity index (χ1n) is 9.20. The molecule has 2 aromatic carbocycles. The van der Waals surface area contributed by atoms with Crippen LogP contribution in [0.15, 0.2) is 42.5 Å². The first-order chi connectivity index (χ1) is 14.2. The highest BCUT2D eigenvalue weighted by Crippen LogP contribution is 2.42. The number of rotatable bonds is 5. The molecule has 9 heteroatoms. The predicted octanol–water partition coefficient (Wildman–Crippen LogP) is 3.06. The molecular formula is C21H23Cl2NO6. The number of nitrogens with one attached hydrogen (secondary N) is 1. The summed E-state index contributed by atoms with van der Waals surface area (Å²) in [5.74, 6) is -3.13. The Balaban J connectivity index is 0.000000274. The van der Waals surface area contributed by atoms with Gasteiger partial charge in [-0.1, -0.05) is 53.5 Å². The molecular weight excluding hydrogens is 433 g/mol. The van der Waals surface area contributed by atoms with Gasteiger partial charge in [0.15, 0.2) is 12.2 Å². The Morgan fingerprint density at radius 2 is 1.50 bits per heavy atom. The molecule has 2 aromatic rings. The topological polar surface area (TPSA) is 127 Å². The van der Waals surface area contributed by atoms with Gasteiger partial charge in [-0.05, 0) is 48.7 Å². The number of halogens is 2. The lowest BCUT2D eigenvalue weighted by Gasteiger charge is -2.32. The van der Waals surface area contributed by atoms with Crippen molar-refractivity contribution in [1.82, 2.24) is 5.32 Å². The summed E-state index contributed by atoms with van der Waals surface area (Å²) in [6.45, 7) is 0. The van der Waals surface area contributed by atoms with Crippen molar-refractivity contribution in [3.05, 3.63) is 69.2 Å². The number of hydrogen-bond donors (Lipinski definition) is 5. The van der Waals surface area contributed by atoms with Gasteiger partial charge in [-0.15, -0.1) is 0 Å². The van der Waals surface area contributed by atoms with Crippen LogP contribution in [-0.2, 0) is 9.59 Å². The van der Waals surface area contributed by atoms with Gasteiger partial charge in [0.05, 0.1) is 10.0 Å². The number of carboxylic acids is 2. The van der Waals surface area contributed by atoms with E-state index >= 15 is 0 Å². The smallest absolute Gasteiger partial charge is 0.335 e. The Labute approximate surface area is 183 Å². The van der Waals surface area contributed by atoms with Gasteiger partial charge in [0, 0.05) is 12.0 Å². The van der Waals surface area contributed by atoms with E-state index in [1.807, 2.05) is 19.2 Å². The van der Waals surface area contributed by atoms with Crippen molar-refractivity contribution in [2.75, 3.05) is 7.05 Å². The Hall–Kier alpha value is -2.16. The fourth-order valence-electron chi connectivity index (χ4n) is 3.44. The molecule has 3 rings (SSSR count). The lowest BCUT2D eigenvalue weighted by atomic mass is 9.77. The van der Waals surface area contributed by atoms with Gasteiger partial charge in [-0.2, -0.15) is 0 Å². The third-order valence-corrected chi connectivity index (χ3v) is 5.73. The third kappa shape index (κ3) is 5.71. The van der Waals surface area contributed by atoms with E-state index in [-0.39, 0.29) is 0 Å². The molecule has 7 nitrogen and oxygen atoms in total. The molecule has 0 fully saturated rings. The fourth-order valence-corrected chi connectivity index (χ4v) is 3.74. The maximum Gasteiger partial charge on any atom is 0.335 e. The van der Waals surface area contributed by atoms with E-state index in [0.29, 0.717) is 22.0 Å². The number of benzene rings is 2. The van der Waals surface area contributed by atoms with Crippen LogP contribution >= 0.6 is 23.2 Å². The van der Waals surface area contributed by atoms with Crippen molar-refractivity contribution in [1.29, 1.82) is 0 Å². The molecule has 30 heavy (non-hydrogen) atoms. The lowest BCUT2D eigenvalue weighted by Crippen LogP contribution is -2.39. The summed E-state index contributed by atoms with van der Waals surface area (Å²) in [4.78, 5) is 19.5. The van der Waals surface area contributed by atoms with Crippen LogP contribution in [0.2, 0.25) is 10.0 Å². The number of aliphatic hydroxyl groups excluding tert-OH is 2. The van der Waals surface area contributed by atoms with E-state index in [1.165, 1.54) is 16.7 Å². The number of aliphatic hydroxyl groups is 2. The summed E-state index contributed by atoms with van der Waals surface area (Å²) >= 11 is 12.2. The first kappa shape index (κ1) is 24.1. The zero-order valence-corrected chi connectivity index (χ0v) is 17.6. The van der Waals surface area contributed by atoms with Crippen molar-refractivity contribution in [2.24, 2.45) is 0 Å². The van der Waals surface area contributed by atoms with Crippen LogP contribution in [0.1, 0.15) is 41.5 Å².